The van der Waals surface area contributed by atoms with E-state index in [1.165, 1.54) is 0 Å². The first-order valence-corrected chi connectivity index (χ1v) is 6.41. The summed E-state index contributed by atoms with van der Waals surface area (Å²) in [5, 5.41) is 3.23. The third-order valence-electron chi connectivity index (χ3n) is 1.99. The Kier molecular flexibility index (Phi) is 5.02. The zero-order valence-corrected chi connectivity index (χ0v) is 9.99. The van der Waals surface area contributed by atoms with Crippen molar-refractivity contribution >= 4 is 10.0 Å². The predicted octanol–water partition coefficient (Wildman–Crippen LogP) is 1.94. The number of sulfonamides is 1. The topological polar surface area (TPSA) is 94.9 Å². The van der Waals surface area contributed by atoms with Gasteiger partial charge in [0.1, 0.15) is 0 Å². The minimum atomic E-state index is -3.88. The lowest BCUT2D eigenvalue weighted by Crippen LogP contribution is -2.25. The van der Waals surface area contributed by atoms with Crippen molar-refractivity contribution in [2.45, 2.75) is 11.3 Å². The quantitative estimate of drug-likeness (QED) is 0.372. The maximum absolute atomic E-state index is 12.9. The first-order valence-electron chi connectivity index (χ1n) is 4.93. The highest BCUT2D eigenvalue weighted by molar-refractivity contribution is 7.89. The summed E-state index contributed by atoms with van der Waals surface area (Å²) in [5.74, 6) is -2.34. The van der Waals surface area contributed by atoms with E-state index in [1.54, 1.807) is 0 Å². The highest BCUT2D eigenvalue weighted by atomic mass is 32.2. The van der Waals surface area contributed by atoms with Crippen molar-refractivity contribution in [1.29, 1.82) is 0 Å². The number of rotatable bonds is 6. The molecule has 0 radical (unpaired) electrons. The lowest BCUT2D eigenvalue weighted by Gasteiger charge is -2.06. The molecule has 0 aromatic heterocycles. The van der Waals surface area contributed by atoms with Crippen LogP contribution in [0.5, 0.6) is 0 Å². The Morgan fingerprint density at radius 1 is 1.33 bits per heavy atom. The molecule has 0 bridgehead atoms. The predicted molar refractivity (Wildman–Crippen MR) is 60.2 cm³/mol. The number of benzene rings is 1. The Balaban J connectivity index is 2.68. The van der Waals surface area contributed by atoms with Crippen LogP contribution >= 0.6 is 0 Å². The molecule has 0 unspecified atom stereocenters. The summed E-state index contributed by atoms with van der Waals surface area (Å²) in [7, 11) is -3.88. The number of hydrogen-bond donors (Lipinski definition) is 1. The average molecular weight is 276 g/mol. The summed E-state index contributed by atoms with van der Waals surface area (Å²) in [6, 6.07) is 2.31. The molecule has 0 atom stereocenters. The SMILES string of the molecule is [N-]=[N+]=NCCCNS(=O)(=O)c1ccc(F)c(F)c1. The van der Waals surface area contributed by atoms with E-state index in [0.717, 1.165) is 12.1 Å². The van der Waals surface area contributed by atoms with E-state index >= 15 is 0 Å². The lowest BCUT2D eigenvalue weighted by molar-refractivity contribution is 0.504. The molecular weight excluding hydrogens is 266 g/mol. The minimum Gasteiger partial charge on any atom is -0.211 e. The van der Waals surface area contributed by atoms with Crippen molar-refractivity contribution in [2.75, 3.05) is 13.1 Å². The van der Waals surface area contributed by atoms with Crippen LogP contribution in [0.1, 0.15) is 6.42 Å². The molecule has 0 aliphatic rings. The van der Waals surface area contributed by atoms with Crippen molar-refractivity contribution < 1.29 is 17.2 Å². The van der Waals surface area contributed by atoms with Crippen molar-refractivity contribution in [3.63, 3.8) is 0 Å². The van der Waals surface area contributed by atoms with E-state index in [9.17, 15) is 17.2 Å². The summed E-state index contributed by atoms with van der Waals surface area (Å²) in [5.41, 5.74) is 8.00. The normalized spacial score (nSPS) is 11.0. The fraction of sp³-hybridized carbons (Fsp3) is 0.333. The molecule has 9 heteroatoms. The number of nitrogens with zero attached hydrogens (tertiary/aromatic N) is 3. The summed E-state index contributed by atoms with van der Waals surface area (Å²) in [6.45, 7) is 0.192. The van der Waals surface area contributed by atoms with Gasteiger partial charge in [-0.15, -0.1) is 0 Å². The van der Waals surface area contributed by atoms with Gasteiger partial charge < -0.3 is 0 Å². The average Bonchev–Trinajstić information content (AvgIpc) is 2.32. The molecule has 0 saturated heterocycles. The number of nitrogens with one attached hydrogen (secondary N) is 1. The van der Waals surface area contributed by atoms with E-state index < -0.39 is 21.7 Å². The molecular formula is C9H10F2N4O2S. The minimum absolute atomic E-state index is 0.0420. The van der Waals surface area contributed by atoms with Crippen LogP contribution in [0.3, 0.4) is 0 Å². The second kappa shape index (κ2) is 6.29. The zero-order valence-electron chi connectivity index (χ0n) is 9.18. The van der Waals surface area contributed by atoms with E-state index in [1.807, 2.05) is 0 Å². The van der Waals surface area contributed by atoms with Crippen molar-refractivity contribution in [1.82, 2.24) is 4.72 Å². The Labute approximate surface area is 102 Å². The van der Waals surface area contributed by atoms with Gasteiger partial charge in [-0.3, -0.25) is 0 Å². The molecule has 98 valence electrons. The van der Waals surface area contributed by atoms with Gasteiger partial charge in [0.25, 0.3) is 0 Å². The Hall–Kier alpha value is -1.70. The molecule has 0 aliphatic heterocycles. The summed E-state index contributed by atoms with van der Waals surface area (Å²) < 4.78 is 50.9. The highest BCUT2D eigenvalue weighted by Gasteiger charge is 2.15. The molecule has 1 aromatic rings. The standard InChI is InChI=1S/C9H10F2N4O2S/c10-8-3-2-7(6-9(8)11)18(16,17)14-5-1-4-13-15-12/h2-3,6,14H,1,4-5H2. The van der Waals surface area contributed by atoms with E-state index in [-0.39, 0.29) is 18.0 Å². The smallest absolute Gasteiger partial charge is 0.211 e. The Morgan fingerprint density at radius 3 is 2.67 bits per heavy atom. The van der Waals surface area contributed by atoms with Crippen LogP contribution in [0.2, 0.25) is 0 Å². The zero-order chi connectivity index (χ0) is 13.6. The summed E-state index contributed by atoms with van der Waals surface area (Å²) in [4.78, 5) is 2.15. The maximum Gasteiger partial charge on any atom is 0.240 e. The van der Waals surface area contributed by atoms with Crippen LogP contribution < -0.4 is 4.72 Å². The fourth-order valence-corrected chi connectivity index (χ4v) is 2.21. The second-order valence-corrected chi connectivity index (χ2v) is 5.05. The van der Waals surface area contributed by atoms with Crippen LogP contribution in [-0.4, -0.2) is 21.5 Å². The van der Waals surface area contributed by atoms with Crippen LogP contribution in [0.25, 0.3) is 10.4 Å². The number of halogens is 2. The van der Waals surface area contributed by atoms with Crippen LogP contribution in [0.15, 0.2) is 28.2 Å². The van der Waals surface area contributed by atoms with Gasteiger partial charge in [-0.05, 0) is 30.2 Å². The molecule has 1 N–H and O–H groups in total. The Bertz CT molecular complexity index is 570. The van der Waals surface area contributed by atoms with Gasteiger partial charge in [0.2, 0.25) is 10.0 Å². The Morgan fingerprint density at radius 2 is 2.06 bits per heavy atom. The molecule has 0 fully saturated rings. The second-order valence-electron chi connectivity index (χ2n) is 3.28. The lowest BCUT2D eigenvalue weighted by atomic mass is 10.3. The van der Waals surface area contributed by atoms with Crippen LogP contribution in [0, 0.1) is 11.6 Å². The molecule has 1 rings (SSSR count). The largest absolute Gasteiger partial charge is 0.240 e. The summed E-state index contributed by atoms with van der Waals surface area (Å²) >= 11 is 0. The van der Waals surface area contributed by atoms with Gasteiger partial charge in [-0.2, -0.15) is 0 Å². The monoisotopic (exact) mass is 276 g/mol. The number of hydrogen-bond acceptors (Lipinski definition) is 3. The molecule has 0 spiro atoms. The first kappa shape index (κ1) is 14.4. The third kappa shape index (κ3) is 3.95. The van der Waals surface area contributed by atoms with Crippen molar-refractivity contribution in [2.24, 2.45) is 5.11 Å². The van der Waals surface area contributed by atoms with Gasteiger partial charge in [0, 0.05) is 18.0 Å². The van der Waals surface area contributed by atoms with Crippen LogP contribution in [0.4, 0.5) is 8.78 Å². The van der Waals surface area contributed by atoms with Gasteiger partial charge in [0.05, 0.1) is 4.90 Å². The highest BCUT2D eigenvalue weighted by Crippen LogP contribution is 2.13. The summed E-state index contributed by atoms with van der Waals surface area (Å²) in [6.07, 6.45) is 0.312. The van der Waals surface area contributed by atoms with Gasteiger partial charge in [-0.25, -0.2) is 21.9 Å². The fourth-order valence-electron chi connectivity index (χ4n) is 1.13. The molecule has 0 heterocycles. The first-order chi connectivity index (χ1) is 8.47. The van der Waals surface area contributed by atoms with Crippen LogP contribution in [-0.2, 0) is 10.0 Å². The molecule has 18 heavy (non-hydrogen) atoms. The molecule has 0 amide bonds. The molecule has 6 nitrogen and oxygen atoms in total. The molecule has 0 aliphatic carbocycles. The van der Waals surface area contributed by atoms with E-state index in [4.69, 9.17) is 5.53 Å². The molecule has 0 saturated carbocycles. The van der Waals surface area contributed by atoms with Gasteiger partial charge in [-0.1, -0.05) is 5.11 Å². The van der Waals surface area contributed by atoms with E-state index in [0.29, 0.717) is 12.5 Å². The van der Waals surface area contributed by atoms with E-state index in [2.05, 4.69) is 14.7 Å². The van der Waals surface area contributed by atoms with Crippen molar-refractivity contribution in [3.8, 4) is 0 Å². The van der Waals surface area contributed by atoms with Gasteiger partial charge in [0.15, 0.2) is 11.6 Å². The van der Waals surface area contributed by atoms with Crippen molar-refractivity contribution in [3.05, 3.63) is 40.3 Å². The molecule has 1 aromatic carbocycles. The number of azide groups is 1. The maximum atomic E-state index is 12.9. The third-order valence-corrected chi connectivity index (χ3v) is 3.45. The van der Waals surface area contributed by atoms with Gasteiger partial charge >= 0.3 is 0 Å².